The summed E-state index contributed by atoms with van der Waals surface area (Å²) in [6.45, 7) is 9.00. The fourth-order valence-corrected chi connectivity index (χ4v) is 4.56. The van der Waals surface area contributed by atoms with Crippen LogP contribution in [0.4, 0.5) is 0 Å². The van der Waals surface area contributed by atoms with E-state index in [4.69, 9.17) is 4.74 Å². The zero-order valence-electron chi connectivity index (χ0n) is 14.9. The topological polar surface area (TPSA) is 27.7 Å². The number of benzene rings is 1. The molecule has 0 radical (unpaired) electrons. The lowest BCUT2D eigenvalue weighted by Gasteiger charge is -2.35. The molecule has 4 atom stereocenters. The number of nitrogens with zero attached hydrogens (tertiary/aromatic N) is 2. The van der Waals surface area contributed by atoms with Crippen molar-refractivity contribution in [2.24, 2.45) is 0 Å². The molecule has 3 fully saturated rings. The van der Waals surface area contributed by atoms with E-state index >= 15 is 0 Å². The molecule has 3 saturated heterocycles. The number of morpholine rings is 1. The average Bonchev–Trinajstić information content (AvgIpc) is 3.29. The molecule has 4 nitrogen and oxygen atoms in total. The number of hydrogen-bond donors (Lipinski definition) is 1. The van der Waals surface area contributed by atoms with Crippen molar-refractivity contribution < 1.29 is 4.74 Å². The summed E-state index contributed by atoms with van der Waals surface area (Å²) in [6.07, 6.45) is 4.30. The van der Waals surface area contributed by atoms with E-state index in [0.717, 1.165) is 26.2 Å². The number of rotatable bonds is 5. The monoisotopic (exact) mass is 329 g/mol. The van der Waals surface area contributed by atoms with Gasteiger partial charge in [0.1, 0.15) is 0 Å². The second-order valence-corrected chi connectivity index (χ2v) is 7.72. The zero-order chi connectivity index (χ0) is 16.4. The van der Waals surface area contributed by atoms with Crippen molar-refractivity contribution in [1.82, 2.24) is 15.1 Å². The van der Waals surface area contributed by atoms with Crippen LogP contribution in [0.15, 0.2) is 30.3 Å². The summed E-state index contributed by atoms with van der Waals surface area (Å²) in [5.74, 6) is 0. The minimum absolute atomic E-state index is 0.375. The molecule has 0 aliphatic carbocycles. The number of likely N-dealkylation sites (tertiary alicyclic amines) is 1. The van der Waals surface area contributed by atoms with Gasteiger partial charge in [0.2, 0.25) is 0 Å². The molecule has 24 heavy (non-hydrogen) atoms. The van der Waals surface area contributed by atoms with Crippen LogP contribution >= 0.6 is 0 Å². The van der Waals surface area contributed by atoms with Crippen molar-refractivity contribution in [3.8, 4) is 0 Å². The van der Waals surface area contributed by atoms with Crippen molar-refractivity contribution in [2.45, 2.75) is 50.4 Å². The Morgan fingerprint density at radius 3 is 2.92 bits per heavy atom. The molecule has 1 N–H and O–H groups in total. The van der Waals surface area contributed by atoms with Gasteiger partial charge in [0.25, 0.3) is 0 Å². The van der Waals surface area contributed by atoms with Gasteiger partial charge in [-0.1, -0.05) is 30.3 Å². The maximum Gasteiger partial charge on any atom is 0.0827 e. The molecule has 4 heteroatoms. The van der Waals surface area contributed by atoms with Gasteiger partial charge >= 0.3 is 0 Å². The Kier molecular flexibility index (Phi) is 5.18. The van der Waals surface area contributed by atoms with Crippen LogP contribution in [0.2, 0.25) is 0 Å². The molecule has 3 aliphatic rings. The van der Waals surface area contributed by atoms with Crippen molar-refractivity contribution in [2.75, 3.05) is 39.3 Å². The maximum atomic E-state index is 6.08. The number of hydrogen-bond acceptors (Lipinski definition) is 4. The van der Waals surface area contributed by atoms with Gasteiger partial charge in [-0.25, -0.2) is 0 Å². The molecular weight excluding hydrogens is 298 g/mol. The van der Waals surface area contributed by atoms with Crippen molar-refractivity contribution in [1.29, 1.82) is 0 Å². The van der Waals surface area contributed by atoms with E-state index in [0.29, 0.717) is 24.2 Å². The summed E-state index contributed by atoms with van der Waals surface area (Å²) < 4.78 is 6.08. The fourth-order valence-electron chi connectivity index (χ4n) is 4.56. The second-order valence-electron chi connectivity index (χ2n) is 7.72. The lowest BCUT2D eigenvalue weighted by molar-refractivity contribution is -0.0477. The van der Waals surface area contributed by atoms with Gasteiger partial charge in [0, 0.05) is 44.3 Å². The molecule has 0 amide bonds. The SMILES string of the molecule is CC(c1ccccc1)N1CCC(NCC2CN3CCCC3CO2)C1. The Hall–Kier alpha value is -0.940. The first-order valence-corrected chi connectivity index (χ1v) is 9.67. The molecular formula is C20H31N3O. The van der Waals surface area contributed by atoms with Gasteiger partial charge in [0.05, 0.1) is 12.7 Å². The lowest BCUT2D eigenvalue weighted by atomic mass is 10.1. The van der Waals surface area contributed by atoms with E-state index in [1.165, 1.54) is 37.9 Å². The number of ether oxygens (including phenoxy) is 1. The van der Waals surface area contributed by atoms with Gasteiger partial charge in [-0.05, 0) is 38.3 Å². The van der Waals surface area contributed by atoms with E-state index in [1.54, 1.807) is 0 Å². The predicted molar refractivity (Wildman–Crippen MR) is 97.2 cm³/mol. The van der Waals surface area contributed by atoms with Crippen LogP contribution in [0.25, 0.3) is 0 Å². The van der Waals surface area contributed by atoms with Crippen LogP contribution in [-0.2, 0) is 4.74 Å². The molecule has 1 aromatic carbocycles. The molecule has 0 aromatic heterocycles. The Morgan fingerprint density at radius 2 is 2.04 bits per heavy atom. The van der Waals surface area contributed by atoms with Gasteiger partial charge in [-0.3, -0.25) is 9.80 Å². The first-order valence-electron chi connectivity index (χ1n) is 9.67. The largest absolute Gasteiger partial charge is 0.374 e. The third-order valence-corrected chi connectivity index (χ3v) is 6.15. The summed E-state index contributed by atoms with van der Waals surface area (Å²) in [7, 11) is 0. The van der Waals surface area contributed by atoms with Crippen LogP contribution in [0.5, 0.6) is 0 Å². The predicted octanol–water partition coefficient (Wildman–Crippen LogP) is 2.27. The zero-order valence-corrected chi connectivity index (χ0v) is 14.9. The molecule has 0 spiro atoms. The average molecular weight is 329 g/mol. The quantitative estimate of drug-likeness (QED) is 0.897. The molecule has 1 aromatic rings. The third kappa shape index (κ3) is 3.67. The maximum absolute atomic E-state index is 6.08. The molecule has 0 bridgehead atoms. The van der Waals surface area contributed by atoms with E-state index < -0.39 is 0 Å². The van der Waals surface area contributed by atoms with Crippen LogP contribution in [0.3, 0.4) is 0 Å². The fraction of sp³-hybridized carbons (Fsp3) is 0.700. The highest BCUT2D eigenvalue weighted by Crippen LogP contribution is 2.25. The van der Waals surface area contributed by atoms with E-state index in [2.05, 4.69) is 52.4 Å². The first kappa shape index (κ1) is 16.5. The highest BCUT2D eigenvalue weighted by atomic mass is 16.5. The van der Waals surface area contributed by atoms with Gasteiger partial charge in [-0.2, -0.15) is 0 Å². The summed E-state index contributed by atoms with van der Waals surface area (Å²) in [5.41, 5.74) is 1.42. The van der Waals surface area contributed by atoms with Crippen LogP contribution in [0, 0.1) is 0 Å². The summed E-state index contributed by atoms with van der Waals surface area (Å²) >= 11 is 0. The van der Waals surface area contributed by atoms with Crippen molar-refractivity contribution in [3.63, 3.8) is 0 Å². The minimum atomic E-state index is 0.375. The molecule has 0 saturated carbocycles. The Labute approximate surface area is 146 Å². The van der Waals surface area contributed by atoms with Gasteiger partial charge in [0.15, 0.2) is 0 Å². The second kappa shape index (κ2) is 7.52. The molecule has 3 aliphatic heterocycles. The Morgan fingerprint density at radius 1 is 1.17 bits per heavy atom. The molecule has 132 valence electrons. The van der Waals surface area contributed by atoms with Gasteiger partial charge < -0.3 is 10.1 Å². The standard InChI is InChI=1S/C20H31N3O/c1-16(17-6-3-2-4-7-17)22-11-9-18(13-22)21-12-20-14-23-10-5-8-19(23)15-24-20/h2-4,6-7,16,18-21H,5,8-15H2,1H3. The Balaban J connectivity index is 1.23. The highest BCUT2D eigenvalue weighted by Gasteiger charge is 2.33. The first-order chi connectivity index (χ1) is 11.8. The smallest absolute Gasteiger partial charge is 0.0827 e. The van der Waals surface area contributed by atoms with E-state index in [-0.39, 0.29) is 0 Å². The van der Waals surface area contributed by atoms with Crippen molar-refractivity contribution in [3.05, 3.63) is 35.9 Å². The van der Waals surface area contributed by atoms with Crippen LogP contribution < -0.4 is 5.32 Å². The number of fused-ring (bicyclic) bond motifs is 1. The molecule has 4 unspecified atom stereocenters. The number of nitrogens with one attached hydrogen (secondary N) is 1. The Bertz CT molecular complexity index is 523. The highest BCUT2D eigenvalue weighted by molar-refractivity contribution is 5.18. The minimum Gasteiger partial charge on any atom is -0.374 e. The van der Waals surface area contributed by atoms with Crippen LogP contribution in [-0.4, -0.2) is 67.3 Å². The lowest BCUT2D eigenvalue weighted by Crippen LogP contribution is -2.50. The third-order valence-electron chi connectivity index (χ3n) is 6.15. The molecule has 4 rings (SSSR count). The summed E-state index contributed by atoms with van der Waals surface area (Å²) in [6, 6.07) is 12.7. The molecule has 3 heterocycles. The van der Waals surface area contributed by atoms with E-state index in [9.17, 15) is 0 Å². The van der Waals surface area contributed by atoms with Crippen LogP contribution in [0.1, 0.15) is 37.8 Å². The normalized spacial score (nSPS) is 32.8. The van der Waals surface area contributed by atoms with Crippen molar-refractivity contribution >= 4 is 0 Å². The summed E-state index contributed by atoms with van der Waals surface area (Å²) in [5, 5.41) is 3.77. The summed E-state index contributed by atoms with van der Waals surface area (Å²) in [4.78, 5) is 5.24. The van der Waals surface area contributed by atoms with Gasteiger partial charge in [-0.15, -0.1) is 0 Å². The van der Waals surface area contributed by atoms with E-state index in [1.807, 2.05) is 0 Å².